The van der Waals surface area contributed by atoms with Gasteiger partial charge >= 0.3 is 0 Å². The zero-order valence-corrected chi connectivity index (χ0v) is 17.5. The molecule has 2 aliphatic rings. The topological polar surface area (TPSA) is 49.9 Å². The van der Waals surface area contributed by atoms with E-state index in [1.807, 2.05) is 58.3 Å². The molecule has 2 aliphatic heterocycles. The monoisotopic (exact) mass is 406 g/mol. The maximum absolute atomic E-state index is 13.1. The molecule has 4 rings (SSSR count). The molecule has 5 nitrogen and oxygen atoms in total. The van der Waals surface area contributed by atoms with E-state index in [0.29, 0.717) is 32.5 Å². The van der Waals surface area contributed by atoms with Gasteiger partial charge in [0.05, 0.1) is 12.0 Å². The Morgan fingerprint density at radius 2 is 1.67 bits per heavy atom. The third-order valence-electron chi connectivity index (χ3n) is 6.37. The molecule has 0 aromatic heterocycles. The van der Waals surface area contributed by atoms with E-state index in [0.717, 1.165) is 38.1 Å². The minimum absolute atomic E-state index is 0.138. The number of nitrogens with zero attached hydrogens (tertiary/aromatic N) is 2. The summed E-state index contributed by atoms with van der Waals surface area (Å²) in [5.41, 5.74) is 0.902. The summed E-state index contributed by atoms with van der Waals surface area (Å²) in [4.78, 5) is 29.6. The molecule has 0 radical (unpaired) electrons. The molecule has 1 atom stereocenters. The Morgan fingerprint density at radius 1 is 0.967 bits per heavy atom. The van der Waals surface area contributed by atoms with Crippen LogP contribution in [0.1, 0.15) is 31.2 Å². The molecule has 0 N–H and O–H groups in total. The van der Waals surface area contributed by atoms with Crippen molar-refractivity contribution in [2.75, 3.05) is 32.8 Å². The lowest BCUT2D eigenvalue weighted by molar-refractivity contribution is -0.136. The molecule has 2 amide bonds. The van der Waals surface area contributed by atoms with E-state index in [4.69, 9.17) is 4.74 Å². The van der Waals surface area contributed by atoms with Crippen molar-refractivity contribution in [3.8, 4) is 5.75 Å². The lowest BCUT2D eigenvalue weighted by atomic mass is 9.85. The Bertz CT molecular complexity index is 855. The van der Waals surface area contributed by atoms with Crippen molar-refractivity contribution in [1.82, 2.24) is 9.80 Å². The molecule has 5 heteroatoms. The first kappa shape index (κ1) is 20.5. The molecule has 2 aromatic rings. The minimum Gasteiger partial charge on any atom is -0.494 e. The van der Waals surface area contributed by atoms with E-state index in [1.165, 1.54) is 5.56 Å². The van der Waals surface area contributed by atoms with Gasteiger partial charge in [-0.05, 0) is 43.4 Å². The third kappa shape index (κ3) is 4.66. The summed E-state index contributed by atoms with van der Waals surface area (Å²) in [5, 5.41) is 0. The first-order valence-corrected chi connectivity index (χ1v) is 11.0. The van der Waals surface area contributed by atoms with Crippen molar-refractivity contribution in [3.05, 3.63) is 66.2 Å². The normalized spacial score (nSPS) is 20.9. The molecule has 2 aromatic carbocycles. The Labute approximate surface area is 178 Å². The van der Waals surface area contributed by atoms with Crippen LogP contribution in [0.5, 0.6) is 5.75 Å². The summed E-state index contributed by atoms with van der Waals surface area (Å²) < 4.78 is 5.68. The van der Waals surface area contributed by atoms with Crippen molar-refractivity contribution in [2.45, 2.75) is 32.1 Å². The highest BCUT2D eigenvalue weighted by atomic mass is 16.5. The number of amides is 2. The minimum atomic E-state index is -0.354. The van der Waals surface area contributed by atoms with Crippen molar-refractivity contribution in [3.63, 3.8) is 0 Å². The van der Waals surface area contributed by atoms with E-state index in [9.17, 15) is 9.59 Å². The van der Waals surface area contributed by atoms with Gasteiger partial charge in [-0.15, -0.1) is 0 Å². The first-order valence-electron chi connectivity index (χ1n) is 11.0. The van der Waals surface area contributed by atoms with Crippen LogP contribution in [0.3, 0.4) is 0 Å². The van der Waals surface area contributed by atoms with Crippen molar-refractivity contribution < 1.29 is 14.3 Å². The average Bonchev–Trinajstić information content (AvgIpc) is 3.36. The first-order chi connectivity index (χ1) is 14.7. The number of rotatable bonds is 8. The van der Waals surface area contributed by atoms with Gasteiger partial charge in [-0.25, -0.2) is 0 Å². The highest BCUT2D eigenvalue weighted by Gasteiger charge is 2.51. The van der Waals surface area contributed by atoms with Crippen LogP contribution in [0.4, 0.5) is 0 Å². The molecule has 158 valence electrons. The van der Waals surface area contributed by atoms with Crippen molar-refractivity contribution in [1.29, 1.82) is 0 Å². The van der Waals surface area contributed by atoms with E-state index >= 15 is 0 Å². The number of likely N-dealkylation sites (tertiary alicyclic amines) is 2. The Hall–Kier alpha value is -2.82. The van der Waals surface area contributed by atoms with E-state index in [-0.39, 0.29) is 17.2 Å². The summed E-state index contributed by atoms with van der Waals surface area (Å²) in [5.74, 6) is 1.21. The fraction of sp³-hybridized carbons (Fsp3) is 0.440. The second kappa shape index (κ2) is 9.33. The maximum Gasteiger partial charge on any atom is 0.230 e. The van der Waals surface area contributed by atoms with E-state index < -0.39 is 0 Å². The van der Waals surface area contributed by atoms with Gasteiger partial charge in [0.2, 0.25) is 11.8 Å². The number of benzene rings is 2. The number of hydrogen-bond donors (Lipinski definition) is 0. The highest BCUT2D eigenvalue weighted by Crippen LogP contribution is 2.40. The lowest BCUT2D eigenvalue weighted by Gasteiger charge is -2.24. The van der Waals surface area contributed by atoms with Gasteiger partial charge in [-0.1, -0.05) is 48.5 Å². The summed E-state index contributed by atoms with van der Waals surface area (Å²) >= 11 is 0. The van der Waals surface area contributed by atoms with Crippen LogP contribution < -0.4 is 4.74 Å². The number of carbonyl (C=O) groups is 2. The van der Waals surface area contributed by atoms with Gasteiger partial charge < -0.3 is 14.5 Å². The van der Waals surface area contributed by atoms with Crippen LogP contribution in [-0.2, 0) is 16.0 Å². The Morgan fingerprint density at radius 3 is 2.43 bits per heavy atom. The maximum atomic E-state index is 13.1. The van der Waals surface area contributed by atoms with Crippen LogP contribution in [0.2, 0.25) is 0 Å². The summed E-state index contributed by atoms with van der Waals surface area (Å²) in [6.07, 6.45) is 3.69. The second-order valence-corrected chi connectivity index (χ2v) is 8.39. The van der Waals surface area contributed by atoms with Gasteiger partial charge in [0, 0.05) is 32.6 Å². The van der Waals surface area contributed by atoms with Crippen molar-refractivity contribution in [2.24, 2.45) is 5.41 Å². The number of ether oxygens (including phenoxy) is 1. The highest BCUT2D eigenvalue weighted by molar-refractivity contribution is 5.87. The molecular weight excluding hydrogens is 376 g/mol. The van der Waals surface area contributed by atoms with Crippen molar-refractivity contribution >= 4 is 11.8 Å². The average molecular weight is 407 g/mol. The molecule has 2 heterocycles. The predicted molar refractivity (Wildman–Crippen MR) is 116 cm³/mol. The second-order valence-electron chi connectivity index (χ2n) is 8.39. The molecular formula is C25H30N2O3. The number of carbonyl (C=O) groups excluding carboxylic acids is 2. The molecule has 0 bridgehead atoms. The fourth-order valence-corrected chi connectivity index (χ4v) is 4.57. The molecule has 30 heavy (non-hydrogen) atoms. The molecule has 2 saturated heterocycles. The van der Waals surface area contributed by atoms with Crippen LogP contribution in [0, 0.1) is 5.41 Å². The van der Waals surface area contributed by atoms with E-state index in [1.54, 1.807) is 0 Å². The Balaban J connectivity index is 1.22. The van der Waals surface area contributed by atoms with Gasteiger partial charge in [0.1, 0.15) is 5.75 Å². The van der Waals surface area contributed by atoms with Crippen LogP contribution in [-0.4, -0.2) is 54.4 Å². The quantitative estimate of drug-likeness (QED) is 0.630. The number of para-hydroxylation sites is 1. The smallest absolute Gasteiger partial charge is 0.230 e. The van der Waals surface area contributed by atoms with Gasteiger partial charge in [0.25, 0.3) is 0 Å². The zero-order chi connectivity index (χ0) is 20.8. The van der Waals surface area contributed by atoms with Crippen LogP contribution in [0.25, 0.3) is 0 Å². The van der Waals surface area contributed by atoms with Crippen LogP contribution in [0.15, 0.2) is 60.7 Å². The molecule has 0 saturated carbocycles. The zero-order valence-electron chi connectivity index (χ0n) is 17.5. The van der Waals surface area contributed by atoms with Gasteiger partial charge in [-0.3, -0.25) is 9.59 Å². The molecule has 2 fully saturated rings. The largest absolute Gasteiger partial charge is 0.494 e. The molecule has 1 unspecified atom stereocenters. The molecule has 1 spiro atoms. The summed E-state index contributed by atoms with van der Waals surface area (Å²) in [6, 6.07) is 20.0. The lowest BCUT2D eigenvalue weighted by Crippen LogP contribution is -2.39. The third-order valence-corrected chi connectivity index (χ3v) is 6.37. The van der Waals surface area contributed by atoms with Gasteiger partial charge in [0.15, 0.2) is 0 Å². The fourth-order valence-electron chi connectivity index (χ4n) is 4.57. The summed E-state index contributed by atoms with van der Waals surface area (Å²) in [6.45, 7) is 3.36. The Kier molecular flexibility index (Phi) is 6.36. The number of hydrogen-bond acceptors (Lipinski definition) is 3. The molecule has 0 aliphatic carbocycles. The van der Waals surface area contributed by atoms with Gasteiger partial charge in [-0.2, -0.15) is 0 Å². The summed E-state index contributed by atoms with van der Waals surface area (Å²) in [7, 11) is 0. The SMILES string of the molecule is O=C(CCCOc1ccccc1)N1CCC2(CCN(CCc3ccccc3)C2=O)C1. The van der Waals surface area contributed by atoms with E-state index in [2.05, 4.69) is 12.1 Å². The van der Waals surface area contributed by atoms with Crippen LogP contribution >= 0.6 is 0 Å². The predicted octanol–water partition coefficient (Wildman–Crippen LogP) is 3.54. The standard InChI is InChI=1S/C25H30N2O3/c28-23(12-7-19-30-22-10-5-2-6-11-22)27-18-15-25(20-27)14-17-26(24(25)29)16-13-21-8-3-1-4-9-21/h1-6,8-11H,7,12-20H2.